The van der Waals surface area contributed by atoms with E-state index >= 15 is 0 Å². The first-order chi connectivity index (χ1) is 8.11. The highest BCUT2D eigenvalue weighted by atomic mass is 16.2. The van der Waals surface area contributed by atoms with Crippen LogP contribution in [0.3, 0.4) is 0 Å². The monoisotopic (exact) mass is 256 g/mol. The van der Waals surface area contributed by atoms with E-state index in [9.17, 15) is 9.59 Å². The number of carbonyl (C=O) groups excluding carboxylic acids is 2. The van der Waals surface area contributed by atoms with Crippen molar-refractivity contribution in [1.82, 2.24) is 10.6 Å². The van der Waals surface area contributed by atoms with Gasteiger partial charge in [0.05, 0.1) is 12.1 Å². The Morgan fingerprint density at radius 3 is 1.94 bits per heavy atom. The summed E-state index contributed by atoms with van der Waals surface area (Å²) < 4.78 is 0. The molecule has 0 aliphatic carbocycles. The predicted molar refractivity (Wildman–Crippen MR) is 74.4 cm³/mol. The number of Topliss-reactive ketones (excluding diaryl/α,β-unsaturated/α-hetero) is 1. The molecule has 0 aliphatic heterocycles. The molecule has 0 aromatic rings. The van der Waals surface area contributed by atoms with Crippen molar-refractivity contribution in [3.63, 3.8) is 0 Å². The van der Waals surface area contributed by atoms with E-state index in [4.69, 9.17) is 0 Å². The number of ketones is 1. The molecule has 0 unspecified atom stereocenters. The lowest BCUT2D eigenvalue weighted by Gasteiger charge is -2.32. The van der Waals surface area contributed by atoms with Crippen LogP contribution in [-0.2, 0) is 9.59 Å². The Morgan fingerprint density at radius 2 is 1.61 bits per heavy atom. The molecule has 2 N–H and O–H groups in total. The lowest BCUT2D eigenvalue weighted by Crippen LogP contribution is -2.54. The number of likely N-dealkylation sites (N-methyl/N-ethyl adjacent to an activating group) is 1. The third kappa shape index (κ3) is 5.17. The molecule has 1 amide bonds. The van der Waals surface area contributed by atoms with Crippen LogP contribution in [0.4, 0.5) is 0 Å². The summed E-state index contributed by atoms with van der Waals surface area (Å²) >= 11 is 0. The summed E-state index contributed by atoms with van der Waals surface area (Å²) in [5, 5.41) is 5.92. The molecule has 0 saturated heterocycles. The van der Waals surface area contributed by atoms with Gasteiger partial charge in [0.15, 0.2) is 5.78 Å². The third-order valence-electron chi connectivity index (χ3n) is 2.91. The molecule has 0 aromatic carbocycles. The van der Waals surface area contributed by atoms with Gasteiger partial charge in [-0.05, 0) is 18.9 Å². The molecule has 0 aliphatic rings. The molecule has 4 heteroatoms. The molecule has 0 fully saturated rings. The Bertz CT molecular complexity index is 293. The molecule has 0 aromatic heterocycles. The van der Waals surface area contributed by atoms with Crippen molar-refractivity contribution in [3.8, 4) is 0 Å². The molecule has 0 heterocycles. The molecule has 18 heavy (non-hydrogen) atoms. The smallest absolute Gasteiger partial charge is 0.237 e. The Kier molecular flexibility index (Phi) is 6.54. The molecule has 0 spiro atoms. The molecular formula is C14H28N2O2. The predicted octanol–water partition coefficient (Wildman–Crippen LogP) is 1.74. The quantitative estimate of drug-likeness (QED) is 0.761. The van der Waals surface area contributed by atoms with Gasteiger partial charge in [-0.2, -0.15) is 0 Å². The second-order valence-electron chi connectivity index (χ2n) is 6.14. The van der Waals surface area contributed by atoms with E-state index < -0.39 is 6.04 Å². The van der Waals surface area contributed by atoms with Gasteiger partial charge in [0.1, 0.15) is 0 Å². The highest BCUT2D eigenvalue weighted by molar-refractivity contribution is 5.92. The van der Waals surface area contributed by atoms with Crippen molar-refractivity contribution in [3.05, 3.63) is 0 Å². The Labute approximate surface area is 111 Å². The fourth-order valence-corrected chi connectivity index (χ4v) is 1.71. The Balaban J connectivity index is 4.82. The van der Waals surface area contributed by atoms with Crippen molar-refractivity contribution in [2.24, 2.45) is 11.3 Å². The van der Waals surface area contributed by atoms with E-state index in [1.165, 1.54) is 0 Å². The molecule has 2 atom stereocenters. The van der Waals surface area contributed by atoms with Crippen molar-refractivity contribution >= 4 is 11.7 Å². The standard InChI is InChI=1S/C14H28N2O2/c1-8-15-10(4)13(18)16-12(14(5,6)7)11(17)9(2)3/h9-10,12,15H,8H2,1-7H3,(H,16,18)/t10-,12+/m0/s1. The number of hydrogen-bond acceptors (Lipinski definition) is 3. The van der Waals surface area contributed by atoms with Gasteiger partial charge in [-0.3, -0.25) is 9.59 Å². The molecule has 0 saturated carbocycles. The number of nitrogens with one attached hydrogen (secondary N) is 2. The van der Waals surface area contributed by atoms with Crippen LogP contribution < -0.4 is 10.6 Å². The van der Waals surface area contributed by atoms with E-state index in [0.29, 0.717) is 0 Å². The van der Waals surface area contributed by atoms with Gasteiger partial charge in [-0.25, -0.2) is 0 Å². The molecular weight excluding hydrogens is 228 g/mol. The summed E-state index contributed by atoms with van der Waals surface area (Å²) in [6.45, 7) is 14.1. The van der Waals surface area contributed by atoms with Crippen LogP contribution >= 0.6 is 0 Å². The van der Waals surface area contributed by atoms with E-state index in [2.05, 4.69) is 10.6 Å². The van der Waals surface area contributed by atoms with Gasteiger partial charge in [-0.1, -0.05) is 41.5 Å². The Morgan fingerprint density at radius 1 is 1.11 bits per heavy atom. The minimum atomic E-state index is -0.439. The van der Waals surface area contributed by atoms with Gasteiger partial charge in [0.2, 0.25) is 5.91 Å². The molecule has 0 rings (SSSR count). The van der Waals surface area contributed by atoms with Gasteiger partial charge < -0.3 is 10.6 Å². The maximum Gasteiger partial charge on any atom is 0.237 e. The molecule has 0 radical (unpaired) electrons. The normalized spacial score (nSPS) is 15.3. The van der Waals surface area contributed by atoms with Crippen molar-refractivity contribution in [1.29, 1.82) is 0 Å². The average Bonchev–Trinajstić information content (AvgIpc) is 2.23. The first-order valence-electron chi connectivity index (χ1n) is 6.68. The SMILES string of the molecule is CCN[C@@H](C)C(=O)N[C@H](C(=O)C(C)C)C(C)(C)C. The van der Waals surface area contributed by atoms with E-state index in [-0.39, 0.29) is 29.1 Å². The van der Waals surface area contributed by atoms with Crippen molar-refractivity contribution in [2.75, 3.05) is 6.54 Å². The van der Waals surface area contributed by atoms with Crippen LogP contribution in [0.5, 0.6) is 0 Å². The largest absolute Gasteiger partial charge is 0.344 e. The second kappa shape index (κ2) is 6.88. The van der Waals surface area contributed by atoms with Crippen LogP contribution in [0.2, 0.25) is 0 Å². The lowest BCUT2D eigenvalue weighted by molar-refractivity contribution is -0.132. The Hall–Kier alpha value is -0.900. The van der Waals surface area contributed by atoms with Crippen LogP contribution in [0.15, 0.2) is 0 Å². The summed E-state index contributed by atoms with van der Waals surface area (Å²) in [4.78, 5) is 24.2. The van der Waals surface area contributed by atoms with E-state index in [1.54, 1.807) is 6.92 Å². The van der Waals surface area contributed by atoms with Crippen molar-refractivity contribution in [2.45, 2.75) is 60.5 Å². The topological polar surface area (TPSA) is 58.2 Å². The lowest BCUT2D eigenvalue weighted by atomic mass is 9.81. The summed E-state index contributed by atoms with van der Waals surface area (Å²) in [7, 11) is 0. The summed E-state index contributed by atoms with van der Waals surface area (Å²) in [5.74, 6) is -0.116. The maximum absolute atomic E-state index is 12.2. The number of amides is 1. The van der Waals surface area contributed by atoms with E-state index in [1.807, 2.05) is 41.5 Å². The number of rotatable bonds is 6. The fourth-order valence-electron chi connectivity index (χ4n) is 1.71. The fraction of sp³-hybridized carbons (Fsp3) is 0.857. The minimum Gasteiger partial charge on any atom is -0.344 e. The van der Waals surface area contributed by atoms with Gasteiger partial charge in [0, 0.05) is 5.92 Å². The van der Waals surface area contributed by atoms with Gasteiger partial charge in [0.25, 0.3) is 0 Å². The number of hydrogen-bond donors (Lipinski definition) is 2. The summed E-state index contributed by atoms with van der Waals surface area (Å²) in [6, 6.07) is -0.717. The van der Waals surface area contributed by atoms with Gasteiger partial charge in [-0.15, -0.1) is 0 Å². The van der Waals surface area contributed by atoms with Crippen LogP contribution in [0.1, 0.15) is 48.5 Å². The highest BCUT2D eigenvalue weighted by Crippen LogP contribution is 2.22. The zero-order valence-electron chi connectivity index (χ0n) is 12.8. The van der Waals surface area contributed by atoms with E-state index in [0.717, 1.165) is 6.54 Å². The maximum atomic E-state index is 12.2. The number of carbonyl (C=O) groups is 2. The molecule has 4 nitrogen and oxygen atoms in total. The minimum absolute atomic E-state index is 0.0797. The summed E-state index contributed by atoms with van der Waals surface area (Å²) in [5.41, 5.74) is -0.275. The summed E-state index contributed by atoms with van der Waals surface area (Å²) in [6.07, 6.45) is 0. The average molecular weight is 256 g/mol. The third-order valence-corrected chi connectivity index (χ3v) is 2.91. The first-order valence-corrected chi connectivity index (χ1v) is 6.68. The van der Waals surface area contributed by atoms with Gasteiger partial charge >= 0.3 is 0 Å². The van der Waals surface area contributed by atoms with Crippen LogP contribution in [0.25, 0.3) is 0 Å². The highest BCUT2D eigenvalue weighted by Gasteiger charge is 2.34. The molecule has 106 valence electrons. The second-order valence-corrected chi connectivity index (χ2v) is 6.14. The van der Waals surface area contributed by atoms with Crippen LogP contribution in [-0.4, -0.2) is 30.3 Å². The molecule has 0 bridgehead atoms. The zero-order chi connectivity index (χ0) is 14.5. The van der Waals surface area contributed by atoms with Crippen LogP contribution in [0, 0.1) is 11.3 Å². The van der Waals surface area contributed by atoms with Crippen molar-refractivity contribution < 1.29 is 9.59 Å². The zero-order valence-corrected chi connectivity index (χ0v) is 12.8. The first kappa shape index (κ1) is 17.1.